The SMILES string of the molecule is COc1cc(C(=O)N/N=C\c2cc(I)c(OCc3ccc4ccccc4c3)c(OC)c2)ccc1I. The second kappa shape index (κ2) is 11.7. The lowest BCUT2D eigenvalue weighted by Crippen LogP contribution is -2.17. The number of amides is 1. The van der Waals surface area contributed by atoms with Gasteiger partial charge in [-0.3, -0.25) is 4.79 Å². The lowest BCUT2D eigenvalue weighted by atomic mass is 10.1. The number of nitrogens with one attached hydrogen (secondary N) is 1. The molecule has 1 N–H and O–H groups in total. The van der Waals surface area contributed by atoms with E-state index < -0.39 is 0 Å². The summed E-state index contributed by atoms with van der Waals surface area (Å²) < 4.78 is 18.8. The highest BCUT2D eigenvalue weighted by atomic mass is 127. The maximum atomic E-state index is 12.4. The van der Waals surface area contributed by atoms with Crippen LogP contribution in [0.2, 0.25) is 0 Å². The molecule has 178 valence electrons. The van der Waals surface area contributed by atoms with Crippen molar-refractivity contribution in [2.24, 2.45) is 5.10 Å². The minimum absolute atomic E-state index is 0.326. The van der Waals surface area contributed by atoms with Crippen molar-refractivity contribution < 1.29 is 19.0 Å². The third kappa shape index (κ3) is 6.23. The molecule has 35 heavy (non-hydrogen) atoms. The minimum atomic E-state index is -0.326. The molecule has 1 amide bonds. The molecule has 8 heteroatoms. The summed E-state index contributed by atoms with van der Waals surface area (Å²) in [5.74, 6) is 1.56. The fraction of sp³-hybridized carbons (Fsp3) is 0.111. The van der Waals surface area contributed by atoms with Gasteiger partial charge >= 0.3 is 0 Å². The number of nitrogens with zero attached hydrogens (tertiary/aromatic N) is 1. The summed E-state index contributed by atoms with van der Waals surface area (Å²) in [6.07, 6.45) is 1.57. The van der Waals surface area contributed by atoms with Crippen LogP contribution >= 0.6 is 45.2 Å². The number of carbonyl (C=O) groups excluding carboxylic acids is 1. The predicted octanol–water partition coefficient (Wildman–Crippen LogP) is 6.41. The summed E-state index contributed by atoms with van der Waals surface area (Å²) >= 11 is 4.36. The fourth-order valence-electron chi connectivity index (χ4n) is 3.47. The Kier molecular flexibility index (Phi) is 8.45. The van der Waals surface area contributed by atoms with E-state index in [1.54, 1.807) is 32.6 Å². The molecule has 0 saturated carbocycles. The van der Waals surface area contributed by atoms with Crippen LogP contribution in [0.3, 0.4) is 0 Å². The number of hydrogen-bond acceptors (Lipinski definition) is 5. The summed E-state index contributed by atoms with van der Waals surface area (Å²) in [7, 11) is 3.17. The highest BCUT2D eigenvalue weighted by Crippen LogP contribution is 2.34. The molecular weight excluding hydrogens is 670 g/mol. The van der Waals surface area contributed by atoms with Gasteiger partial charge in [0.25, 0.3) is 5.91 Å². The van der Waals surface area contributed by atoms with Crippen molar-refractivity contribution in [2.45, 2.75) is 6.61 Å². The van der Waals surface area contributed by atoms with Gasteiger partial charge in [-0.2, -0.15) is 5.10 Å². The maximum absolute atomic E-state index is 12.4. The van der Waals surface area contributed by atoms with Gasteiger partial charge in [0.15, 0.2) is 11.5 Å². The first-order valence-electron chi connectivity index (χ1n) is 10.6. The molecule has 0 aliphatic carbocycles. The Labute approximate surface area is 230 Å². The Morgan fingerprint density at radius 3 is 2.43 bits per heavy atom. The molecule has 0 heterocycles. The zero-order valence-electron chi connectivity index (χ0n) is 19.0. The van der Waals surface area contributed by atoms with E-state index in [1.165, 1.54) is 10.8 Å². The van der Waals surface area contributed by atoms with Crippen LogP contribution in [0.5, 0.6) is 17.2 Å². The molecule has 4 aromatic carbocycles. The lowest BCUT2D eigenvalue weighted by molar-refractivity contribution is 0.0954. The van der Waals surface area contributed by atoms with E-state index in [0.29, 0.717) is 29.4 Å². The fourth-order valence-corrected chi connectivity index (χ4v) is 4.81. The van der Waals surface area contributed by atoms with E-state index in [4.69, 9.17) is 14.2 Å². The Balaban J connectivity index is 1.44. The van der Waals surface area contributed by atoms with Crippen molar-refractivity contribution >= 4 is 68.1 Å². The van der Waals surface area contributed by atoms with Crippen molar-refractivity contribution in [3.05, 3.63) is 96.6 Å². The van der Waals surface area contributed by atoms with Crippen LogP contribution < -0.4 is 19.6 Å². The smallest absolute Gasteiger partial charge is 0.271 e. The topological polar surface area (TPSA) is 69.2 Å². The minimum Gasteiger partial charge on any atom is -0.496 e. The van der Waals surface area contributed by atoms with Crippen LogP contribution in [0, 0.1) is 7.14 Å². The molecular formula is C27H22I2N2O4. The molecule has 6 nitrogen and oxygen atoms in total. The summed E-state index contributed by atoms with van der Waals surface area (Å²) in [6, 6.07) is 23.5. The zero-order chi connectivity index (χ0) is 24.8. The largest absolute Gasteiger partial charge is 0.496 e. The summed E-state index contributed by atoms with van der Waals surface area (Å²) in [5.41, 5.74) is 4.85. The monoisotopic (exact) mass is 692 g/mol. The molecule has 0 aromatic heterocycles. The number of methoxy groups -OCH3 is 2. The lowest BCUT2D eigenvalue weighted by Gasteiger charge is -2.14. The first-order chi connectivity index (χ1) is 17.0. The zero-order valence-corrected chi connectivity index (χ0v) is 23.4. The van der Waals surface area contributed by atoms with Crippen LogP contribution in [-0.4, -0.2) is 26.3 Å². The molecule has 0 atom stereocenters. The molecule has 0 unspecified atom stereocenters. The van der Waals surface area contributed by atoms with E-state index >= 15 is 0 Å². The first kappa shape index (κ1) is 25.2. The van der Waals surface area contributed by atoms with E-state index in [2.05, 4.69) is 86.0 Å². The van der Waals surface area contributed by atoms with Crippen molar-refractivity contribution in [3.63, 3.8) is 0 Å². The van der Waals surface area contributed by atoms with E-state index in [-0.39, 0.29) is 5.91 Å². The van der Waals surface area contributed by atoms with Crippen molar-refractivity contribution in [3.8, 4) is 17.2 Å². The molecule has 0 radical (unpaired) electrons. The van der Waals surface area contributed by atoms with Crippen LogP contribution in [0.4, 0.5) is 0 Å². The van der Waals surface area contributed by atoms with Gasteiger partial charge < -0.3 is 14.2 Å². The predicted molar refractivity (Wildman–Crippen MR) is 155 cm³/mol. The molecule has 4 rings (SSSR count). The standard InChI is InChI=1S/C27H22I2N2O4/c1-33-24-14-21(9-10-22(24)28)27(32)31-30-15-18-12-23(29)26(25(13-18)34-2)35-16-17-7-8-19-5-3-4-6-20(19)11-17/h3-15H,16H2,1-2H3,(H,31,32)/b30-15-. The van der Waals surface area contributed by atoms with Crippen molar-refractivity contribution in [1.29, 1.82) is 0 Å². The molecule has 0 bridgehead atoms. The highest BCUT2D eigenvalue weighted by molar-refractivity contribution is 14.1. The summed E-state index contributed by atoms with van der Waals surface area (Å²) in [6.45, 7) is 0.417. The molecule has 0 fully saturated rings. The van der Waals surface area contributed by atoms with Gasteiger partial charge in [0.05, 0.1) is 27.6 Å². The Bertz CT molecular complexity index is 1410. The van der Waals surface area contributed by atoms with Gasteiger partial charge in [-0.25, -0.2) is 5.43 Å². The van der Waals surface area contributed by atoms with Crippen LogP contribution in [0.15, 0.2) is 77.9 Å². The average molecular weight is 692 g/mol. The molecule has 0 saturated heterocycles. The second-order valence-corrected chi connectivity index (χ2v) is 9.88. The van der Waals surface area contributed by atoms with Crippen molar-refractivity contribution in [1.82, 2.24) is 5.43 Å². The Hall–Kier alpha value is -2.86. The van der Waals surface area contributed by atoms with Crippen LogP contribution in [-0.2, 0) is 6.61 Å². The quantitative estimate of drug-likeness (QED) is 0.132. The molecule has 0 spiro atoms. The summed E-state index contributed by atoms with van der Waals surface area (Å²) in [5, 5.41) is 6.47. The van der Waals surface area contributed by atoms with E-state index in [9.17, 15) is 4.79 Å². The number of hydrazone groups is 1. The molecule has 0 aliphatic heterocycles. The van der Waals surface area contributed by atoms with Crippen molar-refractivity contribution in [2.75, 3.05) is 14.2 Å². The normalized spacial score (nSPS) is 11.0. The average Bonchev–Trinajstić information content (AvgIpc) is 2.87. The van der Waals surface area contributed by atoms with Crippen LogP contribution in [0.25, 0.3) is 10.8 Å². The number of halogens is 2. The summed E-state index contributed by atoms with van der Waals surface area (Å²) in [4.78, 5) is 12.4. The third-order valence-electron chi connectivity index (χ3n) is 5.24. The third-order valence-corrected chi connectivity index (χ3v) is 6.93. The Morgan fingerprint density at radius 1 is 0.886 bits per heavy atom. The first-order valence-corrected chi connectivity index (χ1v) is 12.8. The number of ether oxygens (including phenoxy) is 3. The number of carbonyl (C=O) groups is 1. The van der Waals surface area contributed by atoms with Gasteiger partial charge in [0.2, 0.25) is 0 Å². The number of rotatable bonds is 8. The second-order valence-electron chi connectivity index (χ2n) is 7.55. The van der Waals surface area contributed by atoms with Gasteiger partial charge in [0.1, 0.15) is 12.4 Å². The van der Waals surface area contributed by atoms with Gasteiger partial charge in [-0.15, -0.1) is 0 Å². The number of fused-ring (bicyclic) bond motifs is 1. The highest BCUT2D eigenvalue weighted by Gasteiger charge is 2.12. The van der Waals surface area contributed by atoms with Gasteiger partial charge in [-0.1, -0.05) is 36.4 Å². The Morgan fingerprint density at radius 2 is 1.66 bits per heavy atom. The van der Waals surface area contributed by atoms with Gasteiger partial charge in [0, 0.05) is 5.56 Å². The van der Waals surface area contributed by atoms with Crippen LogP contribution in [0.1, 0.15) is 21.5 Å². The maximum Gasteiger partial charge on any atom is 0.271 e. The number of benzene rings is 4. The van der Waals surface area contributed by atoms with Gasteiger partial charge in [-0.05, 0) is 103 Å². The molecule has 0 aliphatic rings. The number of hydrogen-bond donors (Lipinski definition) is 1. The van der Waals surface area contributed by atoms with E-state index in [0.717, 1.165) is 18.3 Å². The van der Waals surface area contributed by atoms with E-state index in [1.807, 2.05) is 30.3 Å². The molecule has 4 aromatic rings.